The van der Waals surface area contributed by atoms with E-state index in [-0.39, 0.29) is 6.10 Å². The number of ether oxygens (including phenoxy) is 1. The molecule has 2 heteroatoms. The third-order valence-electron chi connectivity index (χ3n) is 2.86. The standard InChI is InChI=1S/C14H23NO/c1-5-13(10-15-6-2)16-14-8-7-11(3)12(4)9-14/h7-9,13,15H,5-6,10H2,1-4H3. The van der Waals surface area contributed by atoms with E-state index in [0.717, 1.165) is 25.3 Å². The first kappa shape index (κ1) is 13.0. The van der Waals surface area contributed by atoms with Crippen molar-refractivity contribution in [1.29, 1.82) is 0 Å². The third kappa shape index (κ3) is 3.86. The van der Waals surface area contributed by atoms with Crippen LogP contribution in [-0.4, -0.2) is 19.2 Å². The molecule has 1 N–H and O–H groups in total. The van der Waals surface area contributed by atoms with E-state index in [2.05, 4.69) is 51.2 Å². The van der Waals surface area contributed by atoms with Gasteiger partial charge in [-0.2, -0.15) is 0 Å². The van der Waals surface area contributed by atoms with Crippen LogP contribution in [0.1, 0.15) is 31.4 Å². The molecule has 1 unspecified atom stereocenters. The van der Waals surface area contributed by atoms with Gasteiger partial charge in [-0.3, -0.25) is 0 Å². The van der Waals surface area contributed by atoms with Gasteiger partial charge in [0.1, 0.15) is 11.9 Å². The average Bonchev–Trinajstić information content (AvgIpc) is 2.29. The molecule has 0 heterocycles. The fourth-order valence-corrected chi connectivity index (χ4v) is 1.55. The fourth-order valence-electron chi connectivity index (χ4n) is 1.55. The van der Waals surface area contributed by atoms with Gasteiger partial charge in [0, 0.05) is 6.54 Å². The summed E-state index contributed by atoms with van der Waals surface area (Å²) in [5.41, 5.74) is 2.60. The van der Waals surface area contributed by atoms with Gasteiger partial charge in [0.2, 0.25) is 0 Å². The monoisotopic (exact) mass is 221 g/mol. The largest absolute Gasteiger partial charge is 0.489 e. The number of likely N-dealkylation sites (N-methyl/N-ethyl adjacent to an activating group) is 1. The summed E-state index contributed by atoms with van der Waals surface area (Å²) in [5.74, 6) is 0.979. The number of rotatable bonds is 6. The molecule has 0 saturated carbocycles. The maximum Gasteiger partial charge on any atom is 0.120 e. The van der Waals surface area contributed by atoms with Gasteiger partial charge in [0.15, 0.2) is 0 Å². The molecular formula is C14H23NO. The lowest BCUT2D eigenvalue weighted by molar-refractivity contribution is 0.194. The first-order valence-corrected chi connectivity index (χ1v) is 6.12. The van der Waals surface area contributed by atoms with E-state index in [1.54, 1.807) is 0 Å². The van der Waals surface area contributed by atoms with Gasteiger partial charge < -0.3 is 10.1 Å². The summed E-state index contributed by atoms with van der Waals surface area (Å²) >= 11 is 0. The summed E-state index contributed by atoms with van der Waals surface area (Å²) < 4.78 is 5.94. The molecule has 0 aliphatic rings. The van der Waals surface area contributed by atoms with E-state index in [1.165, 1.54) is 11.1 Å². The zero-order chi connectivity index (χ0) is 12.0. The van der Waals surface area contributed by atoms with Crippen molar-refractivity contribution in [2.45, 2.75) is 40.2 Å². The number of benzene rings is 1. The second-order valence-corrected chi connectivity index (χ2v) is 4.20. The van der Waals surface area contributed by atoms with E-state index in [1.807, 2.05) is 0 Å². The molecule has 0 aromatic heterocycles. The quantitative estimate of drug-likeness (QED) is 0.797. The van der Waals surface area contributed by atoms with Gasteiger partial charge in [-0.05, 0) is 50.1 Å². The lowest BCUT2D eigenvalue weighted by Gasteiger charge is -2.18. The summed E-state index contributed by atoms with van der Waals surface area (Å²) in [6.45, 7) is 10.4. The van der Waals surface area contributed by atoms with E-state index < -0.39 is 0 Å². The van der Waals surface area contributed by atoms with Crippen LogP contribution in [0.2, 0.25) is 0 Å². The Morgan fingerprint density at radius 3 is 2.50 bits per heavy atom. The Hall–Kier alpha value is -1.02. The predicted octanol–water partition coefficient (Wildman–Crippen LogP) is 3.07. The van der Waals surface area contributed by atoms with Crippen LogP contribution >= 0.6 is 0 Å². The van der Waals surface area contributed by atoms with E-state index in [9.17, 15) is 0 Å². The Kier molecular flexibility index (Phi) is 5.33. The van der Waals surface area contributed by atoms with Crippen LogP contribution in [0.15, 0.2) is 18.2 Å². The second-order valence-electron chi connectivity index (χ2n) is 4.20. The highest BCUT2D eigenvalue weighted by Crippen LogP contribution is 2.18. The molecule has 1 atom stereocenters. The summed E-state index contributed by atoms with van der Waals surface area (Å²) in [6.07, 6.45) is 1.29. The summed E-state index contributed by atoms with van der Waals surface area (Å²) in [6, 6.07) is 6.28. The molecule has 0 saturated heterocycles. The molecule has 0 amide bonds. The van der Waals surface area contributed by atoms with Crippen molar-refractivity contribution in [3.63, 3.8) is 0 Å². The van der Waals surface area contributed by atoms with Gasteiger partial charge in [-0.15, -0.1) is 0 Å². The van der Waals surface area contributed by atoms with Crippen LogP contribution in [0, 0.1) is 13.8 Å². The van der Waals surface area contributed by atoms with E-state index in [0.29, 0.717) is 0 Å². The summed E-state index contributed by atoms with van der Waals surface area (Å²) in [4.78, 5) is 0. The highest BCUT2D eigenvalue weighted by atomic mass is 16.5. The predicted molar refractivity (Wildman–Crippen MR) is 69.2 cm³/mol. The van der Waals surface area contributed by atoms with Crippen molar-refractivity contribution in [2.24, 2.45) is 0 Å². The second kappa shape index (κ2) is 6.54. The van der Waals surface area contributed by atoms with Crippen LogP contribution in [0.25, 0.3) is 0 Å². The molecule has 0 bridgehead atoms. The smallest absolute Gasteiger partial charge is 0.120 e. The van der Waals surface area contributed by atoms with Gasteiger partial charge in [-0.1, -0.05) is 19.9 Å². The van der Waals surface area contributed by atoms with Crippen molar-refractivity contribution in [3.05, 3.63) is 29.3 Å². The van der Waals surface area contributed by atoms with Crippen LogP contribution in [-0.2, 0) is 0 Å². The Labute approximate surface area is 99.0 Å². The third-order valence-corrected chi connectivity index (χ3v) is 2.86. The highest BCUT2D eigenvalue weighted by molar-refractivity contribution is 5.33. The number of nitrogens with one attached hydrogen (secondary N) is 1. The SMILES string of the molecule is CCNCC(CC)Oc1ccc(C)c(C)c1. The van der Waals surface area contributed by atoms with Crippen molar-refractivity contribution in [2.75, 3.05) is 13.1 Å². The van der Waals surface area contributed by atoms with Crippen molar-refractivity contribution in [3.8, 4) is 5.75 Å². The highest BCUT2D eigenvalue weighted by Gasteiger charge is 2.07. The Morgan fingerprint density at radius 2 is 1.94 bits per heavy atom. The Morgan fingerprint density at radius 1 is 1.19 bits per heavy atom. The lowest BCUT2D eigenvalue weighted by Crippen LogP contribution is -2.30. The summed E-state index contributed by atoms with van der Waals surface area (Å²) in [7, 11) is 0. The average molecular weight is 221 g/mol. The molecule has 1 aromatic carbocycles. The van der Waals surface area contributed by atoms with E-state index in [4.69, 9.17) is 4.74 Å². The minimum absolute atomic E-state index is 0.266. The van der Waals surface area contributed by atoms with Crippen LogP contribution in [0.4, 0.5) is 0 Å². The minimum atomic E-state index is 0.266. The van der Waals surface area contributed by atoms with Crippen LogP contribution in [0.5, 0.6) is 5.75 Å². The topological polar surface area (TPSA) is 21.3 Å². The molecule has 0 aliphatic heterocycles. The van der Waals surface area contributed by atoms with Gasteiger partial charge >= 0.3 is 0 Å². The van der Waals surface area contributed by atoms with E-state index >= 15 is 0 Å². The maximum absolute atomic E-state index is 5.94. The van der Waals surface area contributed by atoms with Gasteiger partial charge in [0.25, 0.3) is 0 Å². The van der Waals surface area contributed by atoms with Crippen molar-refractivity contribution < 1.29 is 4.74 Å². The first-order chi connectivity index (χ1) is 7.67. The molecule has 2 nitrogen and oxygen atoms in total. The summed E-state index contributed by atoms with van der Waals surface area (Å²) in [5, 5.41) is 3.32. The molecular weight excluding hydrogens is 198 g/mol. The maximum atomic E-state index is 5.94. The molecule has 0 aliphatic carbocycles. The van der Waals surface area contributed by atoms with Gasteiger partial charge in [-0.25, -0.2) is 0 Å². The zero-order valence-corrected chi connectivity index (χ0v) is 10.8. The Balaban J connectivity index is 2.59. The normalized spacial score (nSPS) is 12.5. The fraction of sp³-hybridized carbons (Fsp3) is 0.571. The molecule has 0 spiro atoms. The molecule has 0 radical (unpaired) electrons. The molecule has 90 valence electrons. The number of hydrogen-bond acceptors (Lipinski definition) is 2. The van der Waals surface area contributed by atoms with Crippen molar-refractivity contribution >= 4 is 0 Å². The number of hydrogen-bond donors (Lipinski definition) is 1. The molecule has 1 aromatic rings. The molecule has 0 fully saturated rings. The Bertz CT molecular complexity index is 323. The minimum Gasteiger partial charge on any atom is -0.489 e. The zero-order valence-electron chi connectivity index (χ0n) is 10.8. The molecule has 16 heavy (non-hydrogen) atoms. The first-order valence-electron chi connectivity index (χ1n) is 6.12. The van der Waals surface area contributed by atoms with Crippen LogP contribution in [0.3, 0.4) is 0 Å². The van der Waals surface area contributed by atoms with Crippen molar-refractivity contribution in [1.82, 2.24) is 5.32 Å². The van der Waals surface area contributed by atoms with Crippen LogP contribution < -0.4 is 10.1 Å². The number of aryl methyl sites for hydroxylation is 2. The lowest BCUT2D eigenvalue weighted by atomic mass is 10.1. The van der Waals surface area contributed by atoms with Gasteiger partial charge in [0.05, 0.1) is 0 Å². The molecule has 1 rings (SSSR count).